The maximum absolute atomic E-state index is 13.6. The lowest BCUT2D eigenvalue weighted by atomic mass is 9.86. The Labute approximate surface area is 297 Å². The normalized spacial score (nSPS) is 20.0. The molecule has 3 N–H and O–H groups in total. The summed E-state index contributed by atoms with van der Waals surface area (Å²) in [7, 11) is 0. The van der Waals surface area contributed by atoms with E-state index in [1.165, 1.54) is 32.4 Å². The molecular weight excluding hydrogens is 675 g/mol. The van der Waals surface area contributed by atoms with Gasteiger partial charge in [-0.2, -0.15) is 4.39 Å². The molecule has 4 aliphatic heterocycles. The molecule has 1 amide bonds. The summed E-state index contributed by atoms with van der Waals surface area (Å²) in [6.07, 6.45) is 6.97. The third kappa shape index (κ3) is 6.32. The highest BCUT2D eigenvalue weighted by Crippen LogP contribution is 2.41. The van der Waals surface area contributed by atoms with Crippen LogP contribution < -0.4 is 21.5 Å². The number of aliphatic hydroxyl groups is 1. The number of carbonyl (C=O) groups is 2. The molecule has 0 spiro atoms. The van der Waals surface area contributed by atoms with Crippen molar-refractivity contribution in [3.63, 3.8) is 0 Å². The zero-order valence-electron chi connectivity index (χ0n) is 29.1. The van der Waals surface area contributed by atoms with Crippen molar-refractivity contribution in [1.29, 1.82) is 0 Å². The minimum atomic E-state index is -1.86. The number of H-pyrrole nitrogens is 2. The fourth-order valence-corrected chi connectivity index (χ4v) is 7.86. The predicted octanol–water partition coefficient (Wildman–Crippen LogP) is 3.29. The SMILES string of the molecule is CCc1c2c(nc3ccc(OC(=O)N4CCC(N5CCCCC5)CC4)cc13)-c1cc3c(c(=O)n1C2)COC(=O)[C@]3(O)CC.O=c1[nH]cc(F)c(=O)[nH]1. The van der Waals surface area contributed by atoms with Crippen molar-refractivity contribution in [3.05, 3.63) is 89.7 Å². The van der Waals surface area contributed by atoms with E-state index in [1.54, 1.807) is 28.6 Å². The summed E-state index contributed by atoms with van der Waals surface area (Å²) in [5, 5.41) is 12.0. The number of aromatic amines is 2. The molecule has 15 heteroatoms. The number of nitrogens with one attached hydrogen (secondary N) is 2. The van der Waals surface area contributed by atoms with Crippen LogP contribution in [0.4, 0.5) is 9.18 Å². The highest BCUT2D eigenvalue weighted by Gasteiger charge is 2.45. The Bertz CT molecular complexity index is 2230. The zero-order valence-corrected chi connectivity index (χ0v) is 29.1. The highest BCUT2D eigenvalue weighted by atomic mass is 19.1. The first-order chi connectivity index (χ1) is 25.0. The van der Waals surface area contributed by atoms with Gasteiger partial charge in [0.1, 0.15) is 12.4 Å². The summed E-state index contributed by atoms with van der Waals surface area (Å²) < 4.78 is 24.7. The molecule has 274 valence electrons. The van der Waals surface area contributed by atoms with Crippen molar-refractivity contribution in [2.75, 3.05) is 26.2 Å². The van der Waals surface area contributed by atoms with Crippen molar-refractivity contribution < 1.29 is 28.6 Å². The molecule has 14 nitrogen and oxygen atoms in total. The van der Waals surface area contributed by atoms with Gasteiger partial charge in [0, 0.05) is 41.8 Å². The van der Waals surface area contributed by atoms with Gasteiger partial charge in [0.05, 0.1) is 29.0 Å². The number of pyridine rings is 2. The highest BCUT2D eigenvalue weighted by molar-refractivity contribution is 5.90. The molecule has 1 aromatic carbocycles. The number of nitrogens with zero attached hydrogens (tertiary/aromatic N) is 4. The summed E-state index contributed by atoms with van der Waals surface area (Å²) in [6, 6.07) is 7.77. The van der Waals surface area contributed by atoms with Gasteiger partial charge in [0.2, 0.25) is 5.82 Å². The summed E-state index contributed by atoms with van der Waals surface area (Å²) in [5.74, 6) is -1.26. The molecule has 0 unspecified atom stereocenters. The fourth-order valence-electron chi connectivity index (χ4n) is 7.86. The minimum absolute atomic E-state index is 0.0951. The van der Waals surface area contributed by atoms with Crippen molar-refractivity contribution in [2.45, 2.75) is 83.6 Å². The van der Waals surface area contributed by atoms with Crippen LogP contribution in [0.5, 0.6) is 5.75 Å². The van der Waals surface area contributed by atoms with Gasteiger partial charge >= 0.3 is 17.8 Å². The Morgan fingerprint density at radius 2 is 1.81 bits per heavy atom. The Kier molecular flexibility index (Phi) is 9.57. The first kappa shape index (κ1) is 35.3. The molecule has 0 bridgehead atoms. The average Bonchev–Trinajstić information content (AvgIpc) is 3.53. The van der Waals surface area contributed by atoms with Crippen LogP contribution in [-0.2, 0) is 34.7 Å². The van der Waals surface area contributed by atoms with Crippen molar-refractivity contribution in [1.82, 2.24) is 29.3 Å². The lowest BCUT2D eigenvalue weighted by Gasteiger charge is -2.39. The third-order valence-electron chi connectivity index (χ3n) is 10.7. The number of amides is 1. The number of ether oxygens (including phenoxy) is 2. The Morgan fingerprint density at radius 3 is 2.48 bits per heavy atom. The number of carbonyl (C=O) groups excluding carboxylic acids is 2. The molecule has 1 atom stereocenters. The van der Waals surface area contributed by atoms with Crippen LogP contribution in [0, 0.1) is 5.82 Å². The van der Waals surface area contributed by atoms with E-state index in [2.05, 4.69) is 11.8 Å². The number of halogens is 1. The summed E-state index contributed by atoms with van der Waals surface area (Å²) >= 11 is 0. The van der Waals surface area contributed by atoms with Gasteiger partial charge in [-0.15, -0.1) is 0 Å². The molecule has 4 aliphatic rings. The van der Waals surface area contributed by atoms with E-state index in [0.717, 1.165) is 34.9 Å². The number of rotatable bonds is 4. The van der Waals surface area contributed by atoms with Crippen LogP contribution in [0.1, 0.15) is 74.6 Å². The van der Waals surface area contributed by atoms with Crippen LogP contribution in [0.2, 0.25) is 0 Å². The van der Waals surface area contributed by atoms with E-state index in [4.69, 9.17) is 14.5 Å². The molecule has 52 heavy (non-hydrogen) atoms. The molecule has 0 radical (unpaired) electrons. The van der Waals surface area contributed by atoms with E-state index >= 15 is 0 Å². The quantitative estimate of drug-likeness (QED) is 0.234. The third-order valence-corrected chi connectivity index (χ3v) is 10.7. The maximum atomic E-state index is 13.6. The number of esters is 1. The van der Waals surface area contributed by atoms with Crippen LogP contribution in [0.15, 0.2) is 44.8 Å². The van der Waals surface area contributed by atoms with Crippen LogP contribution in [0.25, 0.3) is 22.3 Å². The number of likely N-dealkylation sites (tertiary alicyclic amines) is 2. The van der Waals surface area contributed by atoms with E-state index in [0.29, 0.717) is 66.6 Å². The second-order valence-electron chi connectivity index (χ2n) is 13.7. The van der Waals surface area contributed by atoms with E-state index in [1.807, 2.05) is 22.0 Å². The molecule has 2 fully saturated rings. The van der Waals surface area contributed by atoms with Gasteiger partial charge in [0.25, 0.3) is 11.1 Å². The average molecular weight is 717 g/mol. The number of aryl methyl sites for hydroxylation is 1. The summed E-state index contributed by atoms with van der Waals surface area (Å²) in [5.41, 5.74) is 0.677. The van der Waals surface area contributed by atoms with Crippen LogP contribution in [0.3, 0.4) is 0 Å². The van der Waals surface area contributed by atoms with E-state index in [-0.39, 0.29) is 24.7 Å². The lowest BCUT2D eigenvalue weighted by molar-refractivity contribution is -0.172. The maximum Gasteiger partial charge on any atom is 0.415 e. The molecule has 2 saturated heterocycles. The van der Waals surface area contributed by atoms with Gasteiger partial charge in [-0.1, -0.05) is 20.3 Å². The smallest absolute Gasteiger partial charge is 0.415 e. The first-order valence-corrected chi connectivity index (χ1v) is 17.8. The Hall–Kier alpha value is -5.15. The Balaban J connectivity index is 0.000000410. The minimum Gasteiger partial charge on any atom is -0.458 e. The summed E-state index contributed by atoms with van der Waals surface area (Å²) in [4.78, 5) is 72.5. The van der Waals surface area contributed by atoms with Crippen molar-refractivity contribution >= 4 is 23.0 Å². The molecule has 8 rings (SSSR count). The predicted molar refractivity (Wildman–Crippen MR) is 188 cm³/mol. The molecule has 4 aromatic rings. The zero-order chi connectivity index (χ0) is 36.7. The molecule has 3 aromatic heterocycles. The standard InChI is InChI=1S/C33H38N4O6.C4H3FN2O2/c1-3-22-23-16-21(43-32(40)36-14-10-20(11-15-36)35-12-6-5-7-13-35)8-9-27(23)34-29-24(22)18-37-28(29)17-26-25(30(37)38)19-42-31(39)33(26,41)4-2;5-2-1-6-4(9)7-3(2)8/h8-9,16-17,20,41H,3-7,10-15,18-19H2,1-2H3;1H,(H2,6,7,8,9)/t33-;/m0./s1. The van der Waals surface area contributed by atoms with Gasteiger partial charge in [0.15, 0.2) is 5.60 Å². The van der Waals surface area contributed by atoms with E-state index < -0.39 is 28.6 Å². The molecular formula is C37H41FN6O8. The molecule has 0 aliphatic carbocycles. The monoisotopic (exact) mass is 716 g/mol. The van der Waals surface area contributed by atoms with Crippen LogP contribution in [-0.4, -0.2) is 78.7 Å². The van der Waals surface area contributed by atoms with E-state index in [9.17, 15) is 33.5 Å². The van der Waals surface area contributed by atoms with Gasteiger partial charge < -0.3 is 33.9 Å². The van der Waals surface area contributed by atoms with Crippen LogP contribution >= 0.6 is 0 Å². The number of fused-ring (bicyclic) bond motifs is 5. The second kappa shape index (κ2) is 14.1. The first-order valence-electron chi connectivity index (χ1n) is 17.8. The summed E-state index contributed by atoms with van der Waals surface area (Å²) in [6.45, 7) is 7.65. The van der Waals surface area contributed by atoms with Gasteiger partial charge in [-0.25, -0.2) is 19.4 Å². The topological polar surface area (TPSA) is 180 Å². The van der Waals surface area contributed by atoms with Gasteiger partial charge in [-0.3, -0.25) is 14.6 Å². The number of hydrogen-bond donors (Lipinski definition) is 3. The second-order valence-corrected chi connectivity index (χ2v) is 13.7. The number of cyclic esters (lactones) is 1. The Morgan fingerprint density at radius 1 is 1.06 bits per heavy atom. The molecule has 7 heterocycles. The number of hydrogen-bond acceptors (Lipinski definition) is 10. The lowest BCUT2D eigenvalue weighted by Crippen LogP contribution is -2.48. The number of piperidine rings is 2. The number of aromatic nitrogens is 4. The number of benzene rings is 1. The fraction of sp³-hybridized carbons (Fsp3) is 0.459. The largest absolute Gasteiger partial charge is 0.458 e. The van der Waals surface area contributed by atoms with Crippen molar-refractivity contribution in [2.24, 2.45) is 0 Å². The molecule has 0 saturated carbocycles. The van der Waals surface area contributed by atoms with Gasteiger partial charge in [-0.05, 0) is 81.4 Å². The van der Waals surface area contributed by atoms with Crippen molar-refractivity contribution in [3.8, 4) is 17.1 Å².